The molecule has 0 unspecified atom stereocenters. The molecule has 0 aromatic heterocycles. The Balaban J connectivity index is 2.04. The van der Waals surface area contributed by atoms with Crippen LogP contribution < -0.4 is 10.5 Å². The normalized spacial score (nSPS) is 19.7. The Kier molecular flexibility index (Phi) is 4.25. The van der Waals surface area contributed by atoms with Crippen molar-refractivity contribution in [1.82, 2.24) is 0 Å². The Morgan fingerprint density at radius 1 is 1.33 bits per heavy atom. The molecule has 0 aliphatic heterocycles. The Morgan fingerprint density at radius 2 is 2.00 bits per heavy atom. The molecule has 100 valence electrons. The highest BCUT2D eigenvalue weighted by atomic mass is 16.5. The fraction of sp³-hybridized carbons (Fsp3) is 0.600. The topological polar surface area (TPSA) is 55.5 Å². The summed E-state index contributed by atoms with van der Waals surface area (Å²) in [7, 11) is 0. The summed E-state index contributed by atoms with van der Waals surface area (Å²) in [5, 5.41) is 10.3. The summed E-state index contributed by atoms with van der Waals surface area (Å²) >= 11 is 0. The van der Waals surface area contributed by atoms with E-state index in [1.54, 1.807) is 0 Å². The lowest BCUT2D eigenvalue weighted by atomic mass is 10.0. The molecule has 1 aliphatic rings. The second-order valence-corrected chi connectivity index (χ2v) is 5.27. The number of hydrogen-bond acceptors (Lipinski definition) is 3. The van der Waals surface area contributed by atoms with Crippen LogP contribution in [0.4, 0.5) is 0 Å². The number of nitrogens with two attached hydrogens (primary N) is 1. The molecular formula is C15H23NO2. The van der Waals surface area contributed by atoms with E-state index in [4.69, 9.17) is 10.5 Å². The largest absolute Gasteiger partial charge is 0.490 e. The van der Waals surface area contributed by atoms with Crippen LogP contribution in [0.3, 0.4) is 0 Å². The molecule has 0 amide bonds. The van der Waals surface area contributed by atoms with Crippen molar-refractivity contribution in [2.75, 3.05) is 6.61 Å². The third kappa shape index (κ3) is 3.03. The van der Waals surface area contributed by atoms with Crippen LogP contribution in [0.25, 0.3) is 0 Å². The SMILES string of the molecule is CC[C@H](N)c1ccccc1OCC1(O)CCCC1. The molecule has 1 aromatic carbocycles. The predicted molar refractivity (Wildman–Crippen MR) is 72.6 cm³/mol. The standard InChI is InChI=1S/C15H23NO2/c1-2-13(16)12-7-3-4-8-14(12)18-11-15(17)9-5-6-10-15/h3-4,7-8,13,17H,2,5-6,9-11,16H2,1H3/t13-/m0/s1. The number of benzene rings is 1. The van der Waals surface area contributed by atoms with Gasteiger partial charge in [-0.25, -0.2) is 0 Å². The number of aliphatic hydroxyl groups is 1. The summed E-state index contributed by atoms with van der Waals surface area (Å²) in [6, 6.07) is 7.85. The van der Waals surface area contributed by atoms with Gasteiger partial charge in [-0.1, -0.05) is 38.0 Å². The maximum Gasteiger partial charge on any atom is 0.124 e. The van der Waals surface area contributed by atoms with Crippen molar-refractivity contribution in [3.8, 4) is 5.75 Å². The van der Waals surface area contributed by atoms with Crippen LogP contribution in [-0.4, -0.2) is 17.3 Å². The molecule has 0 bridgehead atoms. The maximum atomic E-state index is 10.3. The Labute approximate surface area is 109 Å². The van der Waals surface area contributed by atoms with Crippen LogP contribution in [0.15, 0.2) is 24.3 Å². The Hall–Kier alpha value is -1.06. The van der Waals surface area contributed by atoms with Gasteiger partial charge in [-0.15, -0.1) is 0 Å². The minimum Gasteiger partial charge on any atom is -0.490 e. The molecule has 1 fully saturated rings. The van der Waals surface area contributed by atoms with Crippen LogP contribution in [-0.2, 0) is 0 Å². The van der Waals surface area contributed by atoms with E-state index in [2.05, 4.69) is 6.92 Å². The first-order valence-electron chi connectivity index (χ1n) is 6.84. The molecule has 0 radical (unpaired) electrons. The van der Waals surface area contributed by atoms with E-state index in [9.17, 15) is 5.11 Å². The van der Waals surface area contributed by atoms with Crippen molar-refractivity contribution in [2.45, 2.75) is 50.7 Å². The van der Waals surface area contributed by atoms with Gasteiger partial charge in [-0.2, -0.15) is 0 Å². The molecule has 3 nitrogen and oxygen atoms in total. The first-order chi connectivity index (χ1) is 8.64. The van der Waals surface area contributed by atoms with E-state index >= 15 is 0 Å². The maximum absolute atomic E-state index is 10.3. The third-order valence-electron chi connectivity index (χ3n) is 3.79. The van der Waals surface area contributed by atoms with Crippen LogP contribution in [0.5, 0.6) is 5.75 Å². The first kappa shape index (κ1) is 13.4. The third-order valence-corrected chi connectivity index (χ3v) is 3.79. The summed E-state index contributed by atoms with van der Waals surface area (Å²) in [6.45, 7) is 2.44. The molecule has 1 aliphatic carbocycles. The summed E-state index contributed by atoms with van der Waals surface area (Å²) in [6.07, 6.45) is 4.75. The highest BCUT2D eigenvalue weighted by Gasteiger charge is 2.32. The van der Waals surface area contributed by atoms with E-state index in [-0.39, 0.29) is 6.04 Å². The molecule has 1 aromatic rings. The fourth-order valence-electron chi connectivity index (χ4n) is 2.53. The van der Waals surface area contributed by atoms with Gasteiger partial charge in [0, 0.05) is 11.6 Å². The zero-order valence-electron chi connectivity index (χ0n) is 11.1. The lowest BCUT2D eigenvalue weighted by Gasteiger charge is -2.24. The quantitative estimate of drug-likeness (QED) is 0.843. The van der Waals surface area contributed by atoms with Gasteiger partial charge < -0.3 is 15.6 Å². The highest BCUT2D eigenvalue weighted by molar-refractivity contribution is 5.35. The second-order valence-electron chi connectivity index (χ2n) is 5.27. The van der Waals surface area contributed by atoms with E-state index < -0.39 is 5.60 Å². The second kappa shape index (κ2) is 5.72. The number of para-hydroxylation sites is 1. The molecule has 0 spiro atoms. The molecule has 2 rings (SSSR count). The van der Waals surface area contributed by atoms with Crippen LogP contribution in [0, 0.1) is 0 Å². The minimum absolute atomic E-state index is 0.000536. The molecule has 3 N–H and O–H groups in total. The van der Waals surface area contributed by atoms with Crippen molar-refractivity contribution in [2.24, 2.45) is 5.73 Å². The van der Waals surface area contributed by atoms with Gasteiger partial charge in [0.15, 0.2) is 0 Å². The van der Waals surface area contributed by atoms with Crippen LogP contribution in [0.1, 0.15) is 50.6 Å². The number of rotatable bonds is 5. The van der Waals surface area contributed by atoms with Gasteiger partial charge in [-0.05, 0) is 25.3 Å². The fourth-order valence-corrected chi connectivity index (χ4v) is 2.53. The van der Waals surface area contributed by atoms with Crippen molar-refractivity contribution >= 4 is 0 Å². The molecule has 0 saturated heterocycles. The summed E-state index contributed by atoms with van der Waals surface area (Å²) < 4.78 is 5.82. The van der Waals surface area contributed by atoms with Crippen LogP contribution in [0.2, 0.25) is 0 Å². The highest BCUT2D eigenvalue weighted by Crippen LogP contribution is 2.32. The Bertz CT molecular complexity index is 386. The van der Waals surface area contributed by atoms with Crippen molar-refractivity contribution in [1.29, 1.82) is 0 Å². The molecule has 1 atom stereocenters. The Morgan fingerprint density at radius 3 is 2.67 bits per heavy atom. The van der Waals surface area contributed by atoms with E-state index in [1.165, 1.54) is 0 Å². The van der Waals surface area contributed by atoms with Gasteiger partial charge >= 0.3 is 0 Å². The zero-order valence-corrected chi connectivity index (χ0v) is 11.1. The van der Waals surface area contributed by atoms with Gasteiger partial charge in [-0.3, -0.25) is 0 Å². The monoisotopic (exact) mass is 249 g/mol. The average Bonchev–Trinajstić information content (AvgIpc) is 2.83. The van der Waals surface area contributed by atoms with Crippen molar-refractivity contribution in [3.63, 3.8) is 0 Å². The molecular weight excluding hydrogens is 226 g/mol. The molecule has 3 heteroatoms. The van der Waals surface area contributed by atoms with Crippen molar-refractivity contribution in [3.05, 3.63) is 29.8 Å². The molecule has 18 heavy (non-hydrogen) atoms. The van der Waals surface area contributed by atoms with Crippen molar-refractivity contribution < 1.29 is 9.84 Å². The van der Waals surface area contributed by atoms with Gasteiger partial charge in [0.2, 0.25) is 0 Å². The van der Waals surface area contributed by atoms with Crippen LogP contribution >= 0.6 is 0 Å². The number of hydrogen-bond donors (Lipinski definition) is 2. The summed E-state index contributed by atoms with van der Waals surface area (Å²) in [4.78, 5) is 0. The number of ether oxygens (including phenoxy) is 1. The predicted octanol–water partition coefficient (Wildman–Crippen LogP) is 2.78. The lowest BCUT2D eigenvalue weighted by Crippen LogP contribution is -2.32. The average molecular weight is 249 g/mol. The summed E-state index contributed by atoms with van der Waals surface area (Å²) in [5.41, 5.74) is 6.46. The van der Waals surface area contributed by atoms with Gasteiger partial charge in [0.05, 0.1) is 5.60 Å². The smallest absolute Gasteiger partial charge is 0.124 e. The summed E-state index contributed by atoms with van der Waals surface area (Å²) in [5.74, 6) is 0.812. The lowest BCUT2D eigenvalue weighted by molar-refractivity contribution is 0.00103. The first-order valence-corrected chi connectivity index (χ1v) is 6.84. The van der Waals surface area contributed by atoms with Gasteiger partial charge in [0.25, 0.3) is 0 Å². The van der Waals surface area contributed by atoms with E-state index in [1.807, 2.05) is 24.3 Å². The zero-order chi connectivity index (χ0) is 13.0. The van der Waals surface area contributed by atoms with Gasteiger partial charge in [0.1, 0.15) is 12.4 Å². The van der Waals surface area contributed by atoms with E-state index in [0.29, 0.717) is 6.61 Å². The van der Waals surface area contributed by atoms with E-state index in [0.717, 1.165) is 43.4 Å². The molecule has 1 saturated carbocycles. The molecule has 0 heterocycles. The minimum atomic E-state index is -0.635.